The molecule has 1 aromatic heterocycles. The van der Waals surface area contributed by atoms with Gasteiger partial charge in [0.1, 0.15) is 0 Å². The molecule has 0 unspecified atom stereocenters. The summed E-state index contributed by atoms with van der Waals surface area (Å²) in [5.74, 6) is -1.03. The van der Waals surface area contributed by atoms with Crippen molar-refractivity contribution in [3.8, 4) is 0 Å². The fraction of sp³-hybridized carbons (Fsp3) is 0.0952. The highest BCUT2D eigenvalue weighted by Crippen LogP contribution is 2.14. The molecular weight excluding hydrogens is 374 g/mol. The minimum atomic E-state index is -0.450. The van der Waals surface area contributed by atoms with Gasteiger partial charge in [-0.1, -0.05) is 23.8 Å². The van der Waals surface area contributed by atoms with Crippen LogP contribution >= 0.6 is 11.3 Å². The third kappa shape index (κ3) is 4.63. The van der Waals surface area contributed by atoms with Crippen molar-refractivity contribution in [1.82, 2.24) is 10.9 Å². The van der Waals surface area contributed by atoms with Crippen LogP contribution in [0, 0.1) is 13.8 Å². The van der Waals surface area contributed by atoms with Crippen molar-refractivity contribution in [2.24, 2.45) is 0 Å². The molecule has 1 heterocycles. The van der Waals surface area contributed by atoms with Gasteiger partial charge in [-0.15, -0.1) is 11.3 Å². The lowest BCUT2D eigenvalue weighted by molar-refractivity contribution is 0.0846. The van der Waals surface area contributed by atoms with Crippen molar-refractivity contribution in [2.75, 3.05) is 5.32 Å². The summed E-state index contributed by atoms with van der Waals surface area (Å²) in [5.41, 5.74) is 8.14. The number of nitrogens with one attached hydrogen (secondary N) is 3. The van der Waals surface area contributed by atoms with Gasteiger partial charge in [-0.3, -0.25) is 25.2 Å². The van der Waals surface area contributed by atoms with Gasteiger partial charge >= 0.3 is 0 Å². The number of thiophene rings is 1. The molecule has 3 rings (SSSR count). The average Bonchev–Trinajstić information content (AvgIpc) is 3.21. The van der Waals surface area contributed by atoms with E-state index in [2.05, 4.69) is 16.2 Å². The molecule has 142 valence electrons. The van der Waals surface area contributed by atoms with E-state index >= 15 is 0 Å². The summed E-state index contributed by atoms with van der Waals surface area (Å²) >= 11 is 1.35. The van der Waals surface area contributed by atoms with Gasteiger partial charge < -0.3 is 5.32 Å². The molecule has 3 aromatic rings. The summed E-state index contributed by atoms with van der Waals surface area (Å²) in [7, 11) is 0. The number of hydrogen-bond acceptors (Lipinski definition) is 4. The third-order valence-corrected chi connectivity index (χ3v) is 4.93. The zero-order valence-electron chi connectivity index (χ0n) is 15.4. The predicted octanol–water partition coefficient (Wildman–Crippen LogP) is 3.69. The Morgan fingerprint density at radius 1 is 0.821 bits per heavy atom. The summed E-state index contributed by atoms with van der Waals surface area (Å²) in [6.45, 7) is 3.79. The van der Waals surface area contributed by atoms with Crippen molar-refractivity contribution >= 4 is 34.7 Å². The highest BCUT2D eigenvalue weighted by atomic mass is 32.1. The van der Waals surface area contributed by atoms with E-state index in [4.69, 9.17) is 0 Å². The molecular formula is C21H19N3O3S. The summed E-state index contributed by atoms with van der Waals surface area (Å²) in [6, 6.07) is 15.4. The first kappa shape index (κ1) is 19.3. The zero-order valence-corrected chi connectivity index (χ0v) is 16.2. The van der Waals surface area contributed by atoms with Crippen LogP contribution in [0.4, 0.5) is 5.69 Å². The molecule has 7 heteroatoms. The number of carbonyl (C=O) groups excluding carboxylic acids is 3. The normalized spacial score (nSPS) is 10.2. The number of benzene rings is 2. The van der Waals surface area contributed by atoms with Gasteiger partial charge in [-0.05, 0) is 61.2 Å². The largest absolute Gasteiger partial charge is 0.321 e. The number of rotatable bonds is 4. The lowest BCUT2D eigenvalue weighted by atomic mass is 10.1. The van der Waals surface area contributed by atoms with Gasteiger partial charge in [0.2, 0.25) is 0 Å². The number of anilines is 1. The molecule has 0 aliphatic heterocycles. The first-order chi connectivity index (χ1) is 13.4. The van der Waals surface area contributed by atoms with Gasteiger partial charge in [0, 0.05) is 16.8 Å². The van der Waals surface area contributed by atoms with Crippen molar-refractivity contribution in [2.45, 2.75) is 13.8 Å². The van der Waals surface area contributed by atoms with E-state index in [9.17, 15) is 14.4 Å². The predicted molar refractivity (Wildman–Crippen MR) is 110 cm³/mol. The molecule has 0 fully saturated rings. The van der Waals surface area contributed by atoms with Gasteiger partial charge in [0.25, 0.3) is 17.7 Å². The van der Waals surface area contributed by atoms with E-state index < -0.39 is 5.91 Å². The molecule has 0 saturated carbocycles. The van der Waals surface area contributed by atoms with Crippen LogP contribution in [0.2, 0.25) is 0 Å². The van der Waals surface area contributed by atoms with Gasteiger partial charge in [0.15, 0.2) is 0 Å². The molecule has 28 heavy (non-hydrogen) atoms. The van der Waals surface area contributed by atoms with Crippen LogP contribution in [0.5, 0.6) is 0 Å². The molecule has 0 aliphatic carbocycles. The number of hydrazine groups is 1. The van der Waals surface area contributed by atoms with Gasteiger partial charge in [-0.2, -0.15) is 0 Å². The quantitative estimate of drug-likeness (QED) is 0.591. The van der Waals surface area contributed by atoms with E-state index in [1.54, 1.807) is 42.5 Å². The lowest BCUT2D eigenvalue weighted by Gasteiger charge is -2.10. The Labute approximate surface area is 166 Å². The molecule has 0 atom stereocenters. The second-order valence-corrected chi connectivity index (χ2v) is 7.18. The first-order valence-corrected chi connectivity index (χ1v) is 9.45. The molecule has 0 aliphatic rings. The van der Waals surface area contributed by atoms with E-state index in [0.29, 0.717) is 21.7 Å². The maximum absolute atomic E-state index is 12.2. The molecule has 6 nitrogen and oxygen atoms in total. The Kier molecular flexibility index (Phi) is 5.86. The highest BCUT2D eigenvalue weighted by Gasteiger charge is 2.12. The lowest BCUT2D eigenvalue weighted by Crippen LogP contribution is -2.41. The van der Waals surface area contributed by atoms with Crippen LogP contribution in [-0.4, -0.2) is 17.7 Å². The highest BCUT2D eigenvalue weighted by molar-refractivity contribution is 7.12. The second kappa shape index (κ2) is 8.49. The van der Waals surface area contributed by atoms with Crippen LogP contribution in [0.15, 0.2) is 60.0 Å². The Morgan fingerprint density at radius 3 is 2.18 bits per heavy atom. The number of amides is 3. The Hall–Kier alpha value is -3.45. The van der Waals surface area contributed by atoms with Crippen LogP contribution in [-0.2, 0) is 0 Å². The Balaban J connectivity index is 1.57. The van der Waals surface area contributed by atoms with Crippen LogP contribution in [0.3, 0.4) is 0 Å². The number of aryl methyl sites for hydroxylation is 2. The van der Waals surface area contributed by atoms with E-state index in [1.807, 2.05) is 31.4 Å². The maximum atomic E-state index is 12.2. The van der Waals surface area contributed by atoms with Gasteiger partial charge in [0.05, 0.1) is 4.88 Å². The maximum Gasteiger partial charge on any atom is 0.269 e. The fourth-order valence-electron chi connectivity index (χ4n) is 2.63. The topological polar surface area (TPSA) is 87.3 Å². The number of hydrogen-bond donors (Lipinski definition) is 3. The summed E-state index contributed by atoms with van der Waals surface area (Å²) in [4.78, 5) is 37.1. The molecule has 0 saturated heterocycles. The van der Waals surface area contributed by atoms with Crippen molar-refractivity contribution in [3.05, 3.63) is 87.1 Å². The zero-order chi connectivity index (χ0) is 20.1. The summed E-state index contributed by atoms with van der Waals surface area (Å²) < 4.78 is 0. The molecule has 3 N–H and O–H groups in total. The molecule has 2 aromatic carbocycles. The van der Waals surface area contributed by atoms with Crippen LogP contribution in [0.1, 0.15) is 41.5 Å². The van der Waals surface area contributed by atoms with E-state index in [1.165, 1.54) is 11.3 Å². The van der Waals surface area contributed by atoms with Crippen LogP contribution in [0.25, 0.3) is 0 Å². The Bertz CT molecular complexity index is 1010. The minimum absolute atomic E-state index is 0.201. The monoisotopic (exact) mass is 393 g/mol. The third-order valence-electron chi connectivity index (χ3n) is 4.07. The SMILES string of the molecule is Cc1ccc(C(=O)NNC(=O)c2ccc(NC(=O)c3cccs3)cc2)c(C)c1. The molecule has 3 amide bonds. The standard InChI is InChI=1S/C21H19N3O3S/c1-13-5-10-17(14(2)12-13)20(26)24-23-19(25)15-6-8-16(9-7-15)22-21(27)18-4-3-11-28-18/h3-12H,1-2H3,(H,22,27)(H,23,25)(H,24,26). The molecule has 0 spiro atoms. The smallest absolute Gasteiger partial charge is 0.269 e. The summed E-state index contributed by atoms with van der Waals surface area (Å²) in [6.07, 6.45) is 0. The van der Waals surface area contributed by atoms with Crippen LogP contribution < -0.4 is 16.2 Å². The average molecular weight is 393 g/mol. The second-order valence-electron chi connectivity index (χ2n) is 6.24. The molecule has 0 radical (unpaired) electrons. The summed E-state index contributed by atoms with van der Waals surface area (Å²) in [5, 5.41) is 4.59. The fourth-order valence-corrected chi connectivity index (χ4v) is 3.25. The van der Waals surface area contributed by atoms with E-state index in [0.717, 1.165) is 11.1 Å². The molecule has 0 bridgehead atoms. The van der Waals surface area contributed by atoms with Gasteiger partial charge in [-0.25, -0.2) is 0 Å². The first-order valence-electron chi connectivity index (χ1n) is 8.57. The Morgan fingerprint density at radius 2 is 1.54 bits per heavy atom. The van der Waals surface area contributed by atoms with Crippen molar-refractivity contribution in [3.63, 3.8) is 0 Å². The van der Waals surface area contributed by atoms with E-state index in [-0.39, 0.29) is 11.8 Å². The van der Waals surface area contributed by atoms with Crippen molar-refractivity contribution < 1.29 is 14.4 Å². The number of carbonyl (C=O) groups is 3. The minimum Gasteiger partial charge on any atom is -0.321 e. The van der Waals surface area contributed by atoms with Crippen molar-refractivity contribution in [1.29, 1.82) is 0 Å².